The van der Waals surface area contributed by atoms with Crippen LogP contribution in [-0.2, 0) is 12.8 Å². The minimum Gasteiger partial charge on any atom is -0.350 e. The highest BCUT2D eigenvalue weighted by molar-refractivity contribution is 7.14. The molecule has 0 spiro atoms. The second-order valence-corrected chi connectivity index (χ2v) is 5.45. The van der Waals surface area contributed by atoms with Gasteiger partial charge in [-0.2, -0.15) is 0 Å². The molecule has 0 saturated carbocycles. The number of thiophene rings is 1. The van der Waals surface area contributed by atoms with E-state index in [2.05, 4.69) is 23.6 Å². The number of halogens is 1. The van der Waals surface area contributed by atoms with Crippen molar-refractivity contribution in [3.63, 3.8) is 0 Å². The lowest BCUT2D eigenvalue weighted by molar-refractivity contribution is 0.0954. The number of amides is 1. The molecule has 1 aromatic rings. The normalized spacial score (nSPS) is 14.9. The summed E-state index contributed by atoms with van der Waals surface area (Å²) in [7, 11) is 1.90. The van der Waals surface area contributed by atoms with E-state index in [-0.39, 0.29) is 18.3 Å². The van der Waals surface area contributed by atoms with E-state index < -0.39 is 0 Å². The Bertz CT molecular complexity index is 370. The van der Waals surface area contributed by atoms with Crippen LogP contribution < -0.4 is 10.6 Å². The lowest BCUT2D eigenvalue weighted by Gasteiger charge is -2.10. The van der Waals surface area contributed by atoms with Crippen molar-refractivity contribution in [2.75, 3.05) is 13.6 Å². The summed E-state index contributed by atoms with van der Waals surface area (Å²) in [6.45, 7) is 2.73. The Labute approximate surface area is 112 Å². The lowest BCUT2D eigenvalue weighted by atomic mass is 10.2. The number of hydrogen-bond acceptors (Lipinski definition) is 3. The fraction of sp³-hybridized carbons (Fsp3) is 0.583. The first kappa shape index (κ1) is 14.5. The molecule has 1 aliphatic carbocycles. The molecule has 0 saturated heterocycles. The highest BCUT2D eigenvalue weighted by Crippen LogP contribution is 2.30. The molecular formula is C12H19ClN2OS. The summed E-state index contributed by atoms with van der Waals surface area (Å²) in [4.78, 5) is 14.1. The quantitative estimate of drug-likeness (QED) is 0.882. The largest absolute Gasteiger partial charge is 0.350 e. The van der Waals surface area contributed by atoms with Crippen LogP contribution in [0.5, 0.6) is 0 Å². The van der Waals surface area contributed by atoms with Gasteiger partial charge in [-0.3, -0.25) is 4.79 Å². The number of rotatable bonds is 4. The van der Waals surface area contributed by atoms with Crippen LogP contribution in [0.2, 0.25) is 0 Å². The molecule has 3 nitrogen and oxygen atoms in total. The zero-order chi connectivity index (χ0) is 11.5. The standard InChI is InChI=1S/C12H18N2OS.ClH/c1-8(13-2)7-14-12(15)11-6-9-4-3-5-10(9)16-11;/h6,8,13H,3-5,7H2,1-2H3,(H,14,15);1H. The van der Waals surface area contributed by atoms with Crippen LogP contribution in [0.25, 0.3) is 0 Å². The fourth-order valence-corrected chi connectivity index (χ4v) is 3.05. The maximum absolute atomic E-state index is 11.8. The van der Waals surface area contributed by atoms with E-state index in [9.17, 15) is 4.79 Å². The molecule has 1 amide bonds. The zero-order valence-electron chi connectivity index (χ0n) is 10.2. The molecule has 0 aliphatic heterocycles. The maximum Gasteiger partial charge on any atom is 0.261 e. The molecule has 1 atom stereocenters. The molecule has 17 heavy (non-hydrogen) atoms. The van der Waals surface area contributed by atoms with Crippen LogP contribution in [0.1, 0.15) is 33.5 Å². The summed E-state index contributed by atoms with van der Waals surface area (Å²) in [5.74, 6) is 0.0708. The number of carbonyl (C=O) groups is 1. The van der Waals surface area contributed by atoms with Crippen molar-refractivity contribution < 1.29 is 4.79 Å². The first-order chi connectivity index (χ1) is 7.70. The topological polar surface area (TPSA) is 41.1 Å². The van der Waals surface area contributed by atoms with Crippen LogP contribution in [0, 0.1) is 0 Å². The Morgan fingerprint density at radius 1 is 1.53 bits per heavy atom. The van der Waals surface area contributed by atoms with Crippen molar-refractivity contribution in [3.05, 3.63) is 21.4 Å². The SMILES string of the molecule is CNC(C)CNC(=O)c1cc2c(s1)CCC2.Cl. The van der Waals surface area contributed by atoms with Gasteiger partial charge in [-0.1, -0.05) is 0 Å². The van der Waals surface area contributed by atoms with Crippen molar-refractivity contribution in [1.29, 1.82) is 0 Å². The first-order valence-corrected chi connectivity index (χ1v) is 6.59. The van der Waals surface area contributed by atoms with Crippen molar-refractivity contribution in [1.82, 2.24) is 10.6 Å². The van der Waals surface area contributed by atoms with Crippen molar-refractivity contribution in [2.24, 2.45) is 0 Å². The number of aryl methyl sites for hydroxylation is 2. The van der Waals surface area contributed by atoms with Crippen molar-refractivity contribution in [3.8, 4) is 0 Å². The van der Waals surface area contributed by atoms with Gasteiger partial charge in [-0.15, -0.1) is 23.7 Å². The monoisotopic (exact) mass is 274 g/mol. The van der Waals surface area contributed by atoms with E-state index in [1.54, 1.807) is 11.3 Å². The Balaban J connectivity index is 0.00000144. The number of nitrogens with one attached hydrogen (secondary N) is 2. The average Bonchev–Trinajstić information content (AvgIpc) is 2.85. The van der Waals surface area contributed by atoms with E-state index in [4.69, 9.17) is 0 Å². The molecule has 0 radical (unpaired) electrons. The third-order valence-corrected chi connectivity index (χ3v) is 4.27. The summed E-state index contributed by atoms with van der Waals surface area (Å²) in [6, 6.07) is 2.38. The van der Waals surface area contributed by atoms with Crippen LogP contribution in [-0.4, -0.2) is 25.5 Å². The van der Waals surface area contributed by atoms with Gasteiger partial charge in [0.25, 0.3) is 5.91 Å². The lowest BCUT2D eigenvalue weighted by Crippen LogP contribution is -2.36. The predicted molar refractivity (Wildman–Crippen MR) is 74.4 cm³/mol. The van der Waals surface area contributed by atoms with Crippen LogP contribution in [0.15, 0.2) is 6.07 Å². The summed E-state index contributed by atoms with van der Waals surface area (Å²) in [5, 5.41) is 6.05. The highest BCUT2D eigenvalue weighted by Gasteiger charge is 2.18. The van der Waals surface area contributed by atoms with Gasteiger partial charge in [0.15, 0.2) is 0 Å². The average molecular weight is 275 g/mol. The zero-order valence-corrected chi connectivity index (χ0v) is 11.8. The number of carbonyl (C=O) groups excluding carboxylic acids is 1. The molecule has 0 aromatic carbocycles. The molecule has 1 heterocycles. The van der Waals surface area contributed by atoms with Crippen molar-refractivity contribution >= 4 is 29.7 Å². The summed E-state index contributed by atoms with van der Waals surface area (Å²) in [5.41, 5.74) is 1.39. The van der Waals surface area contributed by atoms with Gasteiger partial charge in [-0.05, 0) is 44.9 Å². The van der Waals surface area contributed by atoms with Gasteiger partial charge >= 0.3 is 0 Å². The predicted octanol–water partition coefficient (Wildman–Crippen LogP) is 2.00. The van der Waals surface area contributed by atoms with E-state index in [1.807, 2.05) is 7.05 Å². The van der Waals surface area contributed by atoms with Gasteiger partial charge in [0, 0.05) is 17.5 Å². The molecule has 0 fully saturated rings. The maximum atomic E-state index is 11.8. The Morgan fingerprint density at radius 3 is 2.94 bits per heavy atom. The minimum absolute atomic E-state index is 0. The molecule has 0 bridgehead atoms. The Morgan fingerprint density at radius 2 is 2.29 bits per heavy atom. The second-order valence-electron chi connectivity index (χ2n) is 4.31. The molecule has 1 unspecified atom stereocenters. The van der Waals surface area contributed by atoms with Gasteiger partial charge in [-0.25, -0.2) is 0 Å². The smallest absolute Gasteiger partial charge is 0.261 e. The Hall–Kier alpha value is -0.580. The Kier molecular flexibility index (Phi) is 5.43. The van der Waals surface area contributed by atoms with Gasteiger partial charge in [0.2, 0.25) is 0 Å². The first-order valence-electron chi connectivity index (χ1n) is 5.77. The molecular weight excluding hydrogens is 256 g/mol. The molecule has 96 valence electrons. The van der Waals surface area contributed by atoms with E-state index in [0.29, 0.717) is 12.6 Å². The summed E-state index contributed by atoms with van der Waals surface area (Å²) < 4.78 is 0. The van der Waals surface area contributed by atoms with E-state index in [0.717, 1.165) is 17.7 Å². The molecule has 2 rings (SSSR count). The fourth-order valence-electron chi connectivity index (χ4n) is 1.88. The molecule has 5 heteroatoms. The second kappa shape index (κ2) is 6.38. The summed E-state index contributed by atoms with van der Waals surface area (Å²) in [6.07, 6.45) is 3.55. The van der Waals surface area contributed by atoms with Gasteiger partial charge in [0.05, 0.1) is 4.88 Å². The molecule has 1 aromatic heterocycles. The number of fused-ring (bicyclic) bond motifs is 1. The molecule has 1 aliphatic rings. The van der Waals surface area contributed by atoms with Crippen LogP contribution in [0.4, 0.5) is 0 Å². The van der Waals surface area contributed by atoms with Crippen LogP contribution >= 0.6 is 23.7 Å². The third-order valence-electron chi connectivity index (χ3n) is 3.03. The van der Waals surface area contributed by atoms with E-state index >= 15 is 0 Å². The number of likely N-dealkylation sites (N-methyl/N-ethyl adjacent to an activating group) is 1. The molecule has 2 N–H and O–H groups in total. The van der Waals surface area contributed by atoms with E-state index in [1.165, 1.54) is 16.9 Å². The number of hydrogen-bond donors (Lipinski definition) is 2. The van der Waals surface area contributed by atoms with Gasteiger partial charge < -0.3 is 10.6 Å². The van der Waals surface area contributed by atoms with Gasteiger partial charge in [0.1, 0.15) is 0 Å². The minimum atomic E-state index is 0. The summed E-state index contributed by atoms with van der Waals surface area (Å²) >= 11 is 1.66. The highest BCUT2D eigenvalue weighted by atomic mass is 35.5. The van der Waals surface area contributed by atoms with Crippen molar-refractivity contribution in [2.45, 2.75) is 32.2 Å². The van der Waals surface area contributed by atoms with Crippen LogP contribution in [0.3, 0.4) is 0 Å². The third kappa shape index (κ3) is 3.44.